The van der Waals surface area contributed by atoms with Gasteiger partial charge in [-0.25, -0.2) is 15.0 Å². The van der Waals surface area contributed by atoms with E-state index >= 15 is 0 Å². The third-order valence-electron chi connectivity index (χ3n) is 5.53. The molecule has 0 radical (unpaired) electrons. The SMILES string of the molecule is COc1cccc(CCNC(=O)C(c2ccnc(-n3ccnc3)n2)N2CCCCC2)c1. The first-order valence-electron chi connectivity index (χ1n) is 10.7. The second kappa shape index (κ2) is 10.2. The quantitative estimate of drug-likeness (QED) is 0.603. The first-order valence-corrected chi connectivity index (χ1v) is 10.7. The molecule has 1 N–H and O–H groups in total. The second-order valence-electron chi connectivity index (χ2n) is 7.64. The highest BCUT2D eigenvalue weighted by molar-refractivity contribution is 5.82. The summed E-state index contributed by atoms with van der Waals surface area (Å²) in [4.78, 5) is 28.6. The van der Waals surface area contributed by atoms with Crippen LogP contribution in [0, 0.1) is 0 Å². The number of likely N-dealkylation sites (tertiary alicyclic amines) is 1. The molecule has 8 nitrogen and oxygen atoms in total. The Kier molecular flexibility index (Phi) is 6.89. The minimum absolute atomic E-state index is 0.0277. The van der Waals surface area contributed by atoms with Gasteiger partial charge in [-0.15, -0.1) is 0 Å². The zero-order valence-corrected chi connectivity index (χ0v) is 17.8. The van der Waals surface area contributed by atoms with Gasteiger partial charge in [0, 0.05) is 25.1 Å². The lowest BCUT2D eigenvalue weighted by atomic mass is 10.0. The van der Waals surface area contributed by atoms with Crippen molar-refractivity contribution in [1.82, 2.24) is 29.7 Å². The summed E-state index contributed by atoms with van der Waals surface area (Å²) in [5.41, 5.74) is 1.83. The Morgan fingerprint density at radius 1 is 1.19 bits per heavy atom. The summed E-state index contributed by atoms with van der Waals surface area (Å²) < 4.78 is 7.03. The van der Waals surface area contributed by atoms with Crippen LogP contribution in [-0.2, 0) is 11.2 Å². The van der Waals surface area contributed by atoms with Crippen molar-refractivity contribution < 1.29 is 9.53 Å². The number of carbonyl (C=O) groups excluding carboxylic acids is 1. The van der Waals surface area contributed by atoms with Crippen LogP contribution in [0.4, 0.5) is 0 Å². The molecule has 1 atom stereocenters. The van der Waals surface area contributed by atoms with Crippen molar-refractivity contribution in [2.75, 3.05) is 26.7 Å². The maximum absolute atomic E-state index is 13.3. The molecule has 1 unspecified atom stereocenters. The largest absolute Gasteiger partial charge is 0.497 e. The van der Waals surface area contributed by atoms with Crippen LogP contribution in [0.1, 0.15) is 36.6 Å². The lowest BCUT2D eigenvalue weighted by molar-refractivity contribution is -0.127. The third kappa shape index (κ3) is 5.27. The van der Waals surface area contributed by atoms with Crippen LogP contribution in [0.25, 0.3) is 5.95 Å². The molecule has 1 aliphatic rings. The average molecular weight is 421 g/mol. The maximum Gasteiger partial charge on any atom is 0.243 e. The molecule has 0 bridgehead atoms. The maximum atomic E-state index is 13.3. The van der Waals surface area contributed by atoms with Gasteiger partial charge in [-0.3, -0.25) is 14.3 Å². The Morgan fingerprint density at radius 3 is 2.84 bits per heavy atom. The zero-order valence-electron chi connectivity index (χ0n) is 17.8. The van der Waals surface area contributed by atoms with E-state index in [1.165, 1.54) is 6.42 Å². The first-order chi connectivity index (χ1) is 15.2. The summed E-state index contributed by atoms with van der Waals surface area (Å²) in [6, 6.07) is 9.32. The molecule has 162 valence electrons. The van der Waals surface area contributed by atoms with Crippen molar-refractivity contribution in [1.29, 1.82) is 0 Å². The van der Waals surface area contributed by atoms with E-state index in [0.29, 0.717) is 18.2 Å². The Morgan fingerprint density at radius 2 is 2.06 bits per heavy atom. The number of carbonyl (C=O) groups is 1. The molecular weight excluding hydrogens is 392 g/mol. The Balaban J connectivity index is 1.49. The molecule has 1 aromatic carbocycles. The van der Waals surface area contributed by atoms with Crippen LogP contribution < -0.4 is 10.1 Å². The van der Waals surface area contributed by atoms with E-state index in [1.807, 2.05) is 30.3 Å². The van der Waals surface area contributed by atoms with E-state index in [0.717, 1.165) is 43.7 Å². The number of nitrogens with zero attached hydrogens (tertiary/aromatic N) is 5. The fraction of sp³-hybridized carbons (Fsp3) is 0.391. The van der Waals surface area contributed by atoms with Gasteiger partial charge in [0.05, 0.1) is 12.8 Å². The number of hydrogen-bond acceptors (Lipinski definition) is 6. The lowest BCUT2D eigenvalue weighted by Crippen LogP contribution is -2.43. The Bertz CT molecular complexity index is 985. The van der Waals surface area contributed by atoms with Gasteiger partial charge in [0.2, 0.25) is 11.9 Å². The number of hydrogen-bond donors (Lipinski definition) is 1. The van der Waals surface area contributed by atoms with Gasteiger partial charge in [0.25, 0.3) is 0 Å². The summed E-state index contributed by atoms with van der Waals surface area (Å²) in [7, 11) is 1.66. The van der Waals surface area contributed by atoms with Crippen LogP contribution in [0.2, 0.25) is 0 Å². The van der Waals surface area contributed by atoms with Gasteiger partial charge in [0.1, 0.15) is 18.1 Å². The van der Waals surface area contributed by atoms with Crippen molar-refractivity contribution in [3.05, 3.63) is 66.5 Å². The van der Waals surface area contributed by atoms with Gasteiger partial charge in [-0.05, 0) is 56.1 Å². The number of methoxy groups -OCH3 is 1. The van der Waals surface area contributed by atoms with E-state index in [1.54, 1.807) is 36.6 Å². The van der Waals surface area contributed by atoms with Crippen molar-refractivity contribution in [3.8, 4) is 11.7 Å². The number of imidazole rings is 1. The van der Waals surface area contributed by atoms with E-state index in [4.69, 9.17) is 9.72 Å². The van der Waals surface area contributed by atoms with Crippen molar-refractivity contribution >= 4 is 5.91 Å². The van der Waals surface area contributed by atoms with E-state index < -0.39 is 6.04 Å². The fourth-order valence-corrected chi connectivity index (χ4v) is 3.93. The van der Waals surface area contributed by atoms with Crippen molar-refractivity contribution in [3.63, 3.8) is 0 Å². The molecule has 1 saturated heterocycles. The smallest absolute Gasteiger partial charge is 0.243 e. The normalized spacial score (nSPS) is 15.4. The van der Waals surface area contributed by atoms with Gasteiger partial charge in [-0.1, -0.05) is 18.6 Å². The van der Waals surface area contributed by atoms with Gasteiger partial charge >= 0.3 is 0 Å². The number of ether oxygens (including phenoxy) is 1. The Labute approximate surface area is 182 Å². The van der Waals surface area contributed by atoms with E-state index in [-0.39, 0.29) is 5.91 Å². The lowest BCUT2D eigenvalue weighted by Gasteiger charge is -2.33. The Hall–Kier alpha value is -3.26. The van der Waals surface area contributed by atoms with Crippen LogP contribution in [0.5, 0.6) is 5.75 Å². The predicted octanol–water partition coefficient (Wildman–Crippen LogP) is 2.56. The highest BCUT2D eigenvalue weighted by Gasteiger charge is 2.30. The van der Waals surface area contributed by atoms with E-state index in [9.17, 15) is 4.79 Å². The first kappa shape index (κ1) is 21.0. The molecule has 0 aliphatic carbocycles. The topological polar surface area (TPSA) is 85.2 Å². The molecule has 0 saturated carbocycles. The number of piperidine rings is 1. The fourth-order valence-electron chi connectivity index (χ4n) is 3.93. The monoisotopic (exact) mass is 420 g/mol. The van der Waals surface area contributed by atoms with Crippen LogP contribution >= 0.6 is 0 Å². The molecule has 3 heterocycles. The summed E-state index contributed by atoms with van der Waals surface area (Å²) in [6.45, 7) is 2.33. The van der Waals surface area contributed by atoms with Gasteiger partial charge in [0.15, 0.2) is 0 Å². The summed E-state index contributed by atoms with van der Waals surface area (Å²) in [6.07, 6.45) is 11.0. The molecule has 2 aromatic heterocycles. The van der Waals surface area contributed by atoms with Crippen LogP contribution in [0.15, 0.2) is 55.2 Å². The molecule has 3 aromatic rings. The second-order valence-corrected chi connectivity index (χ2v) is 7.64. The minimum atomic E-state index is -0.434. The molecule has 0 spiro atoms. The molecule has 31 heavy (non-hydrogen) atoms. The van der Waals surface area contributed by atoms with Gasteiger partial charge in [-0.2, -0.15) is 0 Å². The molecular formula is C23H28N6O2. The summed E-state index contributed by atoms with van der Waals surface area (Å²) in [5.74, 6) is 1.31. The number of benzene rings is 1. The number of amides is 1. The van der Waals surface area contributed by atoms with Crippen LogP contribution in [-0.4, -0.2) is 57.1 Å². The molecule has 4 rings (SSSR count). The van der Waals surface area contributed by atoms with Gasteiger partial charge < -0.3 is 10.1 Å². The molecule has 1 aliphatic heterocycles. The van der Waals surface area contributed by atoms with E-state index in [2.05, 4.69) is 20.2 Å². The summed E-state index contributed by atoms with van der Waals surface area (Å²) in [5, 5.41) is 3.12. The molecule has 1 fully saturated rings. The number of aromatic nitrogens is 4. The summed E-state index contributed by atoms with van der Waals surface area (Å²) >= 11 is 0. The van der Waals surface area contributed by atoms with Crippen molar-refractivity contribution in [2.45, 2.75) is 31.7 Å². The third-order valence-corrected chi connectivity index (χ3v) is 5.53. The predicted molar refractivity (Wildman–Crippen MR) is 117 cm³/mol. The van der Waals surface area contributed by atoms with Crippen molar-refractivity contribution in [2.24, 2.45) is 0 Å². The standard InChI is InChI=1S/C23H28N6O2/c1-31-19-7-5-6-18(16-19)8-10-25-22(30)21(28-13-3-2-4-14-28)20-9-11-26-23(27-20)29-15-12-24-17-29/h5-7,9,11-12,15-17,21H,2-4,8,10,13-14H2,1H3,(H,25,30). The highest BCUT2D eigenvalue weighted by atomic mass is 16.5. The molecule has 8 heteroatoms. The average Bonchev–Trinajstić information content (AvgIpc) is 3.36. The van der Waals surface area contributed by atoms with Crippen LogP contribution in [0.3, 0.4) is 0 Å². The number of nitrogens with one attached hydrogen (secondary N) is 1. The minimum Gasteiger partial charge on any atom is -0.497 e. The highest BCUT2D eigenvalue weighted by Crippen LogP contribution is 2.24. The zero-order chi connectivity index (χ0) is 21.5. The number of rotatable bonds is 8. The molecule has 1 amide bonds.